The zero-order valence-electron chi connectivity index (χ0n) is 9.31. The zero-order valence-corrected chi connectivity index (χ0v) is 9.31. The van der Waals surface area contributed by atoms with Crippen molar-refractivity contribution in [3.63, 3.8) is 0 Å². The van der Waals surface area contributed by atoms with Crippen molar-refractivity contribution in [2.75, 3.05) is 13.1 Å². The third kappa shape index (κ3) is 2.35. The lowest BCUT2D eigenvalue weighted by Crippen LogP contribution is -2.38. The fourth-order valence-electron chi connectivity index (χ4n) is 1.79. The van der Waals surface area contributed by atoms with Gasteiger partial charge in [0, 0.05) is 24.9 Å². The number of nitrogens with zero attached hydrogens (tertiary/aromatic N) is 3. The molecule has 1 saturated heterocycles. The molecule has 84 valence electrons. The molecule has 15 heavy (non-hydrogen) atoms. The molecule has 0 aromatic carbocycles. The molecule has 0 aliphatic carbocycles. The van der Waals surface area contributed by atoms with Gasteiger partial charge < -0.3 is 4.52 Å². The van der Waals surface area contributed by atoms with Gasteiger partial charge in [0.15, 0.2) is 5.82 Å². The van der Waals surface area contributed by atoms with Gasteiger partial charge in [-0.1, -0.05) is 19.0 Å². The lowest BCUT2D eigenvalue weighted by molar-refractivity contribution is 0.198. The molecule has 2 N–H and O–H groups in total. The molecule has 0 saturated carbocycles. The maximum atomic E-state index is 5.70. The number of hydrogen-bond donors (Lipinski definition) is 1. The van der Waals surface area contributed by atoms with E-state index in [-0.39, 0.29) is 0 Å². The van der Waals surface area contributed by atoms with E-state index in [0.29, 0.717) is 11.8 Å². The Morgan fingerprint density at radius 1 is 1.40 bits per heavy atom. The van der Waals surface area contributed by atoms with E-state index in [1.807, 2.05) is 5.01 Å². The molecule has 2 rings (SSSR count). The molecule has 0 spiro atoms. The first-order valence-corrected chi connectivity index (χ1v) is 5.50. The normalized spacial score (nSPS) is 20.0. The van der Waals surface area contributed by atoms with Crippen molar-refractivity contribution in [1.29, 1.82) is 0 Å². The molecule has 0 amide bonds. The highest BCUT2D eigenvalue weighted by Gasteiger charge is 2.24. The highest BCUT2D eigenvalue weighted by atomic mass is 16.5. The van der Waals surface area contributed by atoms with Gasteiger partial charge in [0.05, 0.1) is 0 Å². The highest BCUT2D eigenvalue weighted by molar-refractivity contribution is 4.98. The molecule has 1 aliphatic rings. The van der Waals surface area contributed by atoms with Gasteiger partial charge in [-0.2, -0.15) is 4.98 Å². The summed E-state index contributed by atoms with van der Waals surface area (Å²) in [5.74, 6) is 8.01. The SMILES string of the molecule is CC(C)c1noc(C2CCN(N)CC2)n1. The molecule has 0 bridgehead atoms. The van der Waals surface area contributed by atoms with Crippen LogP contribution >= 0.6 is 0 Å². The Morgan fingerprint density at radius 2 is 2.07 bits per heavy atom. The summed E-state index contributed by atoms with van der Waals surface area (Å²) in [4.78, 5) is 4.42. The number of piperidine rings is 1. The Morgan fingerprint density at radius 3 is 2.60 bits per heavy atom. The van der Waals surface area contributed by atoms with Crippen LogP contribution in [-0.4, -0.2) is 28.2 Å². The largest absolute Gasteiger partial charge is 0.339 e. The summed E-state index contributed by atoms with van der Waals surface area (Å²) in [6, 6.07) is 0. The standard InChI is InChI=1S/C10H18N4O/c1-7(2)9-12-10(15-13-9)8-3-5-14(11)6-4-8/h7-8H,3-6,11H2,1-2H3. The van der Waals surface area contributed by atoms with Gasteiger partial charge in [0.25, 0.3) is 0 Å². The summed E-state index contributed by atoms with van der Waals surface area (Å²) < 4.78 is 5.28. The van der Waals surface area contributed by atoms with Gasteiger partial charge in [0.2, 0.25) is 5.89 Å². The average Bonchev–Trinajstić information content (AvgIpc) is 2.68. The first-order valence-electron chi connectivity index (χ1n) is 5.50. The molecule has 5 nitrogen and oxygen atoms in total. The summed E-state index contributed by atoms with van der Waals surface area (Å²) in [6.45, 7) is 5.95. The summed E-state index contributed by atoms with van der Waals surface area (Å²) in [6.07, 6.45) is 2.02. The van der Waals surface area contributed by atoms with Crippen LogP contribution < -0.4 is 5.84 Å². The van der Waals surface area contributed by atoms with Crippen molar-refractivity contribution < 1.29 is 4.52 Å². The Kier molecular flexibility index (Phi) is 3.02. The Hall–Kier alpha value is -0.940. The van der Waals surface area contributed by atoms with E-state index >= 15 is 0 Å². The summed E-state index contributed by atoms with van der Waals surface area (Å²) in [5, 5.41) is 5.82. The highest BCUT2D eigenvalue weighted by Crippen LogP contribution is 2.26. The maximum Gasteiger partial charge on any atom is 0.229 e. The third-order valence-electron chi connectivity index (χ3n) is 2.85. The van der Waals surface area contributed by atoms with Crippen molar-refractivity contribution in [3.05, 3.63) is 11.7 Å². The first-order chi connectivity index (χ1) is 7.16. The first kappa shape index (κ1) is 10.6. The van der Waals surface area contributed by atoms with E-state index in [0.717, 1.165) is 37.6 Å². The Labute approximate surface area is 89.6 Å². The van der Waals surface area contributed by atoms with Crippen LogP contribution in [0.3, 0.4) is 0 Å². The van der Waals surface area contributed by atoms with Crippen LogP contribution in [0.4, 0.5) is 0 Å². The minimum absolute atomic E-state index is 0.331. The van der Waals surface area contributed by atoms with Crippen molar-refractivity contribution in [2.45, 2.75) is 38.5 Å². The van der Waals surface area contributed by atoms with Crippen LogP contribution in [0.2, 0.25) is 0 Å². The minimum Gasteiger partial charge on any atom is -0.339 e. The lowest BCUT2D eigenvalue weighted by atomic mass is 9.98. The van der Waals surface area contributed by atoms with E-state index < -0.39 is 0 Å². The van der Waals surface area contributed by atoms with E-state index in [1.165, 1.54) is 0 Å². The van der Waals surface area contributed by atoms with Crippen LogP contribution in [0.25, 0.3) is 0 Å². The van der Waals surface area contributed by atoms with Crippen molar-refractivity contribution in [2.24, 2.45) is 5.84 Å². The summed E-state index contributed by atoms with van der Waals surface area (Å²) in [7, 11) is 0. The Balaban J connectivity index is 2.03. The second-order valence-corrected chi connectivity index (χ2v) is 4.46. The molecule has 0 atom stereocenters. The van der Waals surface area contributed by atoms with Gasteiger partial charge in [-0.15, -0.1) is 0 Å². The number of hydrogen-bond acceptors (Lipinski definition) is 5. The molecule has 1 aromatic heterocycles. The van der Waals surface area contributed by atoms with E-state index in [4.69, 9.17) is 10.4 Å². The van der Waals surface area contributed by atoms with Gasteiger partial charge in [-0.3, -0.25) is 5.84 Å². The van der Waals surface area contributed by atoms with E-state index in [9.17, 15) is 0 Å². The Bertz CT molecular complexity index is 315. The van der Waals surface area contributed by atoms with Crippen LogP contribution in [0.1, 0.15) is 50.2 Å². The quantitative estimate of drug-likeness (QED) is 0.744. The van der Waals surface area contributed by atoms with Crippen LogP contribution in [0, 0.1) is 0 Å². The molecule has 0 radical (unpaired) electrons. The van der Waals surface area contributed by atoms with Crippen LogP contribution in [0.15, 0.2) is 4.52 Å². The van der Waals surface area contributed by atoms with Gasteiger partial charge >= 0.3 is 0 Å². The monoisotopic (exact) mass is 210 g/mol. The van der Waals surface area contributed by atoms with Crippen molar-refractivity contribution in [1.82, 2.24) is 15.1 Å². The number of aromatic nitrogens is 2. The van der Waals surface area contributed by atoms with Crippen LogP contribution in [0.5, 0.6) is 0 Å². The topological polar surface area (TPSA) is 68.2 Å². The molecule has 1 fully saturated rings. The van der Waals surface area contributed by atoms with Crippen LogP contribution in [-0.2, 0) is 0 Å². The molecule has 0 unspecified atom stereocenters. The van der Waals surface area contributed by atoms with E-state index in [2.05, 4.69) is 24.0 Å². The molecule has 1 aliphatic heterocycles. The zero-order chi connectivity index (χ0) is 10.8. The maximum absolute atomic E-state index is 5.70. The molecule has 5 heteroatoms. The number of hydrazine groups is 1. The fraction of sp³-hybridized carbons (Fsp3) is 0.800. The molecule has 2 heterocycles. The van der Waals surface area contributed by atoms with Gasteiger partial charge in [-0.05, 0) is 12.8 Å². The summed E-state index contributed by atoms with van der Waals surface area (Å²) >= 11 is 0. The van der Waals surface area contributed by atoms with Gasteiger partial charge in [0.1, 0.15) is 0 Å². The molecular weight excluding hydrogens is 192 g/mol. The lowest BCUT2D eigenvalue weighted by Gasteiger charge is -2.25. The molecular formula is C10H18N4O. The number of nitrogens with two attached hydrogens (primary N) is 1. The van der Waals surface area contributed by atoms with Crippen molar-refractivity contribution in [3.8, 4) is 0 Å². The number of rotatable bonds is 2. The average molecular weight is 210 g/mol. The molecule has 1 aromatic rings. The van der Waals surface area contributed by atoms with Crippen molar-refractivity contribution >= 4 is 0 Å². The predicted molar refractivity (Wildman–Crippen MR) is 56.1 cm³/mol. The summed E-state index contributed by atoms with van der Waals surface area (Å²) in [5.41, 5.74) is 0. The second-order valence-electron chi connectivity index (χ2n) is 4.46. The smallest absolute Gasteiger partial charge is 0.229 e. The fourth-order valence-corrected chi connectivity index (χ4v) is 1.79. The van der Waals surface area contributed by atoms with Gasteiger partial charge in [-0.25, -0.2) is 5.01 Å². The van der Waals surface area contributed by atoms with E-state index in [1.54, 1.807) is 0 Å². The predicted octanol–water partition coefficient (Wildman–Crippen LogP) is 1.25. The second kappa shape index (κ2) is 4.28. The third-order valence-corrected chi connectivity index (χ3v) is 2.85. The minimum atomic E-state index is 0.331.